The highest BCUT2D eigenvalue weighted by Gasteiger charge is 2.11. The van der Waals surface area contributed by atoms with Gasteiger partial charge in [0.05, 0.1) is 6.20 Å². The van der Waals surface area contributed by atoms with Gasteiger partial charge in [-0.05, 0) is 22.9 Å². The summed E-state index contributed by atoms with van der Waals surface area (Å²) in [6, 6.07) is 0. The van der Waals surface area contributed by atoms with Crippen LogP contribution >= 0.6 is 27.5 Å². The third-order valence-corrected chi connectivity index (χ3v) is 2.59. The molecule has 2 rings (SSSR count). The van der Waals surface area contributed by atoms with Gasteiger partial charge >= 0.3 is 0 Å². The lowest BCUT2D eigenvalue weighted by molar-refractivity contribution is 1.03. The van der Waals surface area contributed by atoms with Crippen LogP contribution in [0.15, 0.2) is 10.8 Å². The van der Waals surface area contributed by atoms with Crippen molar-refractivity contribution in [3.05, 3.63) is 21.8 Å². The molecule has 2 aromatic rings. The lowest BCUT2D eigenvalue weighted by Crippen LogP contribution is -1.97. The zero-order chi connectivity index (χ0) is 9.59. The predicted molar refractivity (Wildman–Crippen MR) is 54.8 cm³/mol. The van der Waals surface area contributed by atoms with Crippen LogP contribution in [-0.2, 0) is 0 Å². The van der Waals surface area contributed by atoms with Crippen molar-refractivity contribution in [3.63, 3.8) is 0 Å². The van der Waals surface area contributed by atoms with E-state index in [4.69, 9.17) is 17.3 Å². The Balaban J connectivity index is 3.03. The van der Waals surface area contributed by atoms with Gasteiger partial charge in [-0.15, -0.1) is 0 Å². The molecule has 0 saturated carbocycles. The van der Waals surface area contributed by atoms with Gasteiger partial charge in [0, 0.05) is 0 Å². The first-order valence-electron chi connectivity index (χ1n) is 3.56. The lowest BCUT2D eigenvalue weighted by atomic mass is 10.5. The fourth-order valence-electron chi connectivity index (χ4n) is 1.22. The number of nitrogens with two attached hydrogens (primary N) is 1. The van der Waals surface area contributed by atoms with Gasteiger partial charge in [0.1, 0.15) is 21.1 Å². The van der Waals surface area contributed by atoms with Crippen LogP contribution in [0.5, 0.6) is 0 Å². The first kappa shape index (κ1) is 8.77. The zero-order valence-corrected chi connectivity index (χ0v) is 9.09. The summed E-state index contributed by atoms with van der Waals surface area (Å²) in [6.07, 6.45) is 1.50. The number of hydrogen-bond acceptors (Lipinski definition) is 3. The summed E-state index contributed by atoms with van der Waals surface area (Å²) in [5, 5.41) is 0.500. The number of nitrogen functional groups attached to an aromatic ring is 1. The Labute approximate surface area is 87.9 Å². The quantitative estimate of drug-likeness (QED) is 0.789. The molecule has 0 unspecified atom stereocenters. The van der Waals surface area contributed by atoms with Gasteiger partial charge in [-0.25, -0.2) is 9.97 Å². The lowest BCUT2D eigenvalue weighted by Gasteiger charge is -2.01. The molecule has 0 fully saturated rings. The third-order valence-electron chi connectivity index (χ3n) is 1.77. The minimum Gasteiger partial charge on any atom is -0.382 e. The van der Waals surface area contributed by atoms with Crippen molar-refractivity contribution >= 4 is 38.9 Å². The van der Waals surface area contributed by atoms with Gasteiger partial charge in [-0.3, -0.25) is 4.40 Å². The number of anilines is 1. The van der Waals surface area contributed by atoms with E-state index in [1.807, 2.05) is 6.92 Å². The number of aryl methyl sites for hydroxylation is 1. The second kappa shape index (κ2) is 2.85. The van der Waals surface area contributed by atoms with Crippen molar-refractivity contribution in [3.8, 4) is 0 Å². The normalized spacial score (nSPS) is 11.0. The number of imidazole rings is 1. The van der Waals surface area contributed by atoms with Crippen LogP contribution in [0.2, 0.25) is 5.15 Å². The Hall–Kier alpha value is -0.810. The Morgan fingerprint density at radius 3 is 2.92 bits per heavy atom. The van der Waals surface area contributed by atoms with Crippen LogP contribution in [0.3, 0.4) is 0 Å². The first-order valence-corrected chi connectivity index (χ1v) is 4.73. The van der Waals surface area contributed by atoms with Crippen molar-refractivity contribution in [1.29, 1.82) is 0 Å². The molecule has 0 amide bonds. The zero-order valence-electron chi connectivity index (χ0n) is 6.75. The average molecular weight is 262 g/mol. The monoisotopic (exact) mass is 260 g/mol. The van der Waals surface area contributed by atoms with Crippen LogP contribution in [-0.4, -0.2) is 14.4 Å². The fourth-order valence-corrected chi connectivity index (χ4v) is 2.12. The fraction of sp³-hybridized carbons (Fsp3) is 0.143. The highest BCUT2D eigenvalue weighted by molar-refractivity contribution is 9.10. The summed E-state index contributed by atoms with van der Waals surface area (Å²) in [4.78, 5) is 8.12. The van der Waals surface area contributed by atoms with E-state index >= 15 is 0 Å². The molecule has 0 bridgehead atoms. The summed E-state index contributed by atoms with van der Waals surface area (Å²) in [5.74, 6) is 1.19. The number of hydrogen-bond donors (Lipinski definition) is 1. The minimum absolute atomic E-state index is 0.414. The molecular weight excluding hydrogens is 255 g/mol. The molecule has 0 aliphatic heterocycles. The Morgan fingerprint density at radius 1 is 1.62 bits per heavy atom. The van der Waals surface area contributed by atoms with Gasteiger partial charge in [0.15, 0.2) is 5.82 Å². The molecule has 0 aromatic carbocycles. The molecule has 6 heteroatoms. The van der Waals surface area contributed by atoms with Gasteiger partial charge in [-0.2, -0.15) is 0 Å². The number of nitrogens with zero attached hydrogens (tertiary/aromatic N) is 3. The maximum absolute atomic E-state index is 5.93. The Bertz CT molecular complexity index is 437. The highest BCUT2D eigenvalue weighted by Crippen LogP contribution is 2.25. The average Bonchev–Trinajstić information content (AvgIpc) is 2.36. The number of aromatic nitrogens is 3. The van der Waals surface area contributed by atoms with E-state index in [-0.39, 0.29) is 0 Å². The molecule has 0 atom stereocenters. The summed E-state index contributed by atoms with van der Waals surface area (Å²) in [6.45, 7) is 1.85. The summed E-state index contributed by atoms with van der Waals surface area (Å²) < 4.78 is 2.41. The standard InChI is InChI=1S/C7H6BrClN4/c1-3-12-6(8)5-7(10)11-2-4(9)13(3)5/h2H,1H3,(H2,10,11). The van der Waals surface area contributed by atoms with E-state index in [2.05, 4.69) is 25.9 Å². The SMILES string of the molecule is Cc1nc(Br)c2c(N)ncc(Cl)n12. The number of fused-ring (bicyclic) bond motifs is 1. The molecule has 0 aliphatic carbocycles. The van der Waals surface area contributed by atoms with Crippen LogP contribution in [0, 0.1) is 6.92 Å². The van der Waals surface area contributed by atoms with Gasteiger partial charge in [0.25, 0.3) is 0 Å². The number of rotatable bonds is 0. The maximum atomic E-state index is 5.93. The van der Waals surface area contributed by atoms with Gasteiger partial charge < -0.3 is 5.73 Å². The minimum atomic E-state index is 0.414. The van der Waals surface area contributed by atoms with E-state index in [0.717, 1.165) is 5.82 Å². The number of halogens is 2. The first-order chi connectivity index (χ1) is 6.11. The Kier molecular flexibility index (Phi) is 1.92. The topological polar surface area (TPSA) is 56.2 Å². The molecule has 0 saturated heterocycles. The van der Waals surface area contributed by atoms with Gasteiger partial charge in [0.2, 0.25) is 0 Å². The van der Waals surface area contributed by atoms with Crippen molar-refractivity contribution in [2.75, 3.05) is 5.73 Å². The molecule has 0 spiro atoms. The van der Waals surface area contributed by atoms with Crippen LogP contribution in [0.25, 0.3) is 5.52 Å². The Morgan fingerprint density at radius 2 is 2.31 bits per heavy atom. The molecule has 4 nitrogen and oxygen atoms in total. The molecule has 0 radical (unpaired) electrons. The van der Waals surface area contributed by atoms with Crippen molar-refractivity contribution in [1.82, 2.24) is 14.4 Å². The smallest absolute Gasteiger partial charge is 0.150 e. The molecule has 2 heterocycles. The van der Waals surface area contributed by atoms with Crippen LogP contribution < -0.4 is 5.73 Å². The van der Waals surface area contributed by atoms with Crippen LogP contribution in [0.4, 0.5) is 5.82 Å². The molecule has 68 valence electrons. The summed E-state index contributed by atoms with van der Waals surface area (Å²) in [7, 11) is 0. The predicted octanol–water partition coefficient (Wildman–Crippen LogP) is 2.04. The largest absolute Gasteiger partial charge is 0.382 e. The third kappa shape index (κ3) is 1.19. The maximum Gasteiger partial charge on any atom is 0.150 e. The van der Waals surface area contributed by atoms with E-state index in [1.165, 1.54) is 6.20 Å². The van der Waals surface area contributed by atoms with E-state index < -0.39 is 0 Å². The summed E-state index contributed by atoms with van der Waals surface area (Å²) in [5.41, 5.74) is 6.39. The molecule has 0 aliphatic rings. The van der Waals surface area contributed by atoms with E-state index in [1.54, 1.807) is 4.40 Å². The molecule has 13 heavy (non-hydrogen) atoms. The van der Waals surface area contributed by atoms with E-state index in [9.17, 15) is 0 Å². The summed E-state index contributed by atoms with van der Waals surface area (Å²) >= 11 is 9.22. The van der Waals surface area contributed by atoms with E-state index in [0.29, 0.717) is 21.1 Å². The second-order valence-corrected chi connectivity index (χ2v) is 3.74. The molecular formula is C7H6BrClN4. The van der Waals surface area contributed by atoms with Crippen molar-refractivity contribution < 1.29 is 0 Å². The molecule has 2 aromatic heterocycles. The van der Waals surface area contributed by atoms with Crippen molar-refractivity contribution in [2.24, 2.45) is 0 Å². The van der Waals surface area contributed by atoms with Crippen LogP contribution in [0.1, 0.15) is 5.82 Å². The van der Waals surface area contributed by atoms with Gasteiger partial charge in [-0.1, -0.05) is 11.6 Å². The molecule has 2 N–H and O–H groups in total. The highest BCUT2D eigenvalue weighted by atomic mass is 79.9. The second-order valence-electron chi connectivity index (χ2n) is 2.60. The van der Waals surface area contributed by atoms with Crippen molar-refractivity contribution in [2.45, 2.75) is 6.92 Å².